The Labute approximate surface area is 121 Å². The first-order chi connectivity index (χ1) is 9.06. The van der Waals surface area contributed by atoms with E-state index >= 15 is 0 Å². The summed E-state index contributed by atoms with van der Waals surface area (Å²) in [7, 11) is 0. The Bertz CT molecular complexity index is 363. The zero-order valence-corrected chi connectivity index (χ0v) is 13.0. The standard InChI is InChI=1S/C14H28N4O2/c1-13(2)8-5-9-14(3,4)18(13)17-10(12(16)20)6-7-11(15)19/h10,17H,5-9H2,1-4H3,(H2,15,19)(H2,16,20). The highest BCUT2D eigenvalue weighted by molar-refractivity contribution is 5.81. The van der Waals surface area contributed by atoms with Crippen molar-refractivity contribution in [2.24, 2.45) is 11.5 Å². The number of amides is 2. The predicted molar refractivity (Wildman–Crippen MR) is 78.4 cm³/mol. The fourth-order valence-corrected chi connectivity index (χ4v) is 3.06. The maximum atomic E-state index is 11.6. The molecule has 1 heterocycles. The number of hydrogen-bond acceptors (Lipinski definition) is 4. The van der Waals surface area contributed by atoms with Gasteiger partial charge >= 0.3 is 0 Å². The summed E-state index contributed by atoms with van der Waals surface area (Å²) in [4.78, 5) is 22.5. The second kappa shape index (κ2) is 6.10. The summed E-state index contributed by atoms with van der Waals surface area (Å²) in [5, 5.41) is 2.12. The molecular weight excluding hydrogens is 256 g/mol. The number of rotatable bonds is 6. The van der Waals surface area contributed by atoms with Crippen LogP contribution in [0.5, 0.6) is 0 Å². The molecule has 1 fully saturated rings. The first-order valence-electron chi connectivity index (χ1n) is 7.20. The molecule has 0 radical (unpaired) electrons. The normalized spacial score (nSPS) is 23.2. The van der Waals surface area contributed by atoms with Crippen LogP contribution < -0.4 is 16.9 Å². The molecule has 0 saturated carbocycles. The third-order valence-electron chi connectivity index (χ3n) is 4.10. The minimum Gasteiger partial charge on any atom is -0.370 e. The first-order valence-corrected chi connectivity index (χ1v) is 7.20. The van der Waals surface area contributed by atoms with E-state index in [0.29, 0.717) is 6.42 Å². The first kappa shape index (κ1) is 16.9. The number of hydrazine groups is 1. The van der Waals surface area contributed by atoms with Crippen molar-refractivity contribution in [1.29, 1.82) is 0 Å². The van der Waals surface area contributed by atoms with Crippen molar-refractivity contribution in [2.45, 2.75) is 76.9 Å². The van der Waals surface area contributed by atoms with Crippen LogP contribution in [0.1, 0.15) is 59.8 Å². The van der Waals surface area contributed by atoms with Gasteiger partial charge in [0.25, 0.3) is 0 Å². The Balaban J connectivity index is 2.83. The Morgan fingerprint density at radius 3 is 2.05 bits per heavy atom. The molecule has 20 heavy (non-hydrogen) atoms. The van der Waals surface area contributed by atoms with E-state index in [2.05, 4.69) is 38.1 Å². The van der Waals surface area contributed by atoms with Gasteiger partial charge in [-0.2, -0.15) is 0 Å². The maximum absolute atomic E-state index is 11.6. The minimum atomic E-state index is -0.570. The highest BCUT2D eigenvalue weighted by Gasteiger charge is 2.42. The number of primary amides is 2. The molecule has 1 aliphatic heterocycles. The van der Waals surface area contributed by atoms with Crippen molar-refractivity contribution >= 4 is 11.8 Å². The number of piperidine rings is 1. The van der Waals surface area contributed by atoms with Gasteiger partial charge in [-0.15, -0.1) is 0 Å². The van der Waals surface area contributed by atoms with Gasteiger partial charge in [0.1, 0.15) is 6.04 Å². The summed E-state index contributed by atoms with van der Waals surface area (Å²) in [5.41, 5.74) is 13.7. The molecule has 116 valence electrons. The lowest BCUT2D eigenvalue weighted by Gasteiger charge is -2.53. The topological polar surface area (TPSA) is 101 Å². The van der Waals surface area contributed by atoms with E-state index in [1.807, 2.05) is 0 Å². The van der Waals surface area contributed by atoms with E-state index in [0.717, 1.165) is 19.3 Å². The molecule has 1 rings (SSSR count). The predicted octanol–water partition coefficient (Wildman–Crippen LogP) is 0.654. The number of carbonyl (C=O) groups excluding carboxylic acids is 2. The molecule has 1 unspecified atom stereocenters. The lowest BCUT2D eigenvalue weighted by Crippen LogP contribution is -2.67. The highest BCUT2D eigenvalue weighted by Crippen LogP contribution is 2.36. The van der Waals surface area contributed by atoms with Crippen LogP contribution in [-0.4, -0.2) is 33.9 Å². The summed E-state index contributed by atoms with van der Waals surface area (Å²) >= 11 is 0. The molecule has 0 bridgehead atoms. The zero-order chi connectivity index (χ0) is 15.6. The number of nitrogens with one attached hydrogen (secondary N) is 1. The summed E-state index contributed by atoms with van der Waals surface area (Å²) in [6, 6.07) is -0.570. The maximum Gasteiger partial charge on any atom is 0.235 e. The van der Waals surface area contributed by atoms with Gasteiger partial charge in [0.15, 0.2) is 0 Å². The lowest BCUT2D eigenvalue weighted by atomic mass is 9.81. The van der Waals surface area contributed by atoms with Crippen LogP contribution in [0.15, 0.2) is 0 Å². The molecule has 0 spiro atoms. The van der Waals surface area contributed by atoms with Gasteiger partial charge in [-0.25, -0.2) is 10.4 Å². The number of carbonyl (C=O) groups is 2. The van der Waals surface area contributed by atoms with Gasteiger partial charge in [0.2, 0.25) is 11.8 Å². The zero-order valence-electron chi connectivity index (χ0n) is 13.0. The summed E-state index contributed by atoms with van der Waals surface area (Å²) < 4.78 is 0. The number of nitrogens with two attached hydrogens (primary N) is 2. The van der Waals surface area contributed by atoms with Crippen molar-refractivity contribution in [3.63, 3.8) is 0 Å². The fourth-order valence-electron chi connectivity index (χ4n) is 3.06. The SMILES string of the molecule is CC1(C)CCCC(C)(C)N1NC(CCC(N)=O)C(N)=O. The van der Waals surface area contributed by atoms with Gasteiger partial charge < -0.3 is 11.5 Å². The number of nitrogens with zero attached hydrogens (tertiary/aromatic N) is 1. The third kappa shape index (κ3) is 4.18. The van der Waals surface area contributed by atoms with E-state index in [4.69, 9.17) is 11.5 Å². The van der Waals surface area contributed by atoms with Crippen molar-refractivity contribution in [1.82, 2.24) is 10.4 Å². The average Bonchev–Trinajstić information content (AvgIpc) is 2.25. The molecule has 1 aliphatic rings. The van der Waals surface area contributed by atoms with E-state index in [-0.39, 0.29) is 17.5 Å². The van der Waals surface area contributed by atoms with E-state index < -0.39 is 17.9 Å². The molecule has 0 aromatic heterocycles. The molecule has 5 N–H and O–H groups in total. The molecule has 6 nitrogen and oxygen atoms in total. The van der Waals surface area contributed by atoms with Crippen molar-refractivity contribution < 1.29 is 9.59 Å². The van der Waals surface area contributed by atoms with Gasteiger partial charge in [-0.1, -0.05) is 0 Å². The summed E-state index contributed by atoms with van der Waals surface area (Å²) in [5.74, 6) is -0.876. The van der Waals surface area contributed by atoms with Crippen LogP contribution in [0.25, 0.3) is 0 Å². The van der Waals surface area contributed by atoms with E-state index in [9.17, 15) is 9.59 Å². The molecule has 1 atom stereocenters. The van der Waals surface area contributed by atoms with Crippen LogP contribution in [0.3, 0.4) is 0 Å². The minimum absolute atomic E-state index is 0.0673. The highest BCUT2D eigenvalue weighted by atomic mass is 16.2. The van der Waals surface area contributed by atoms with Gasteiger partial charge in [0.05, 0.1) is 0 Å². The van der Waals surface area contributed by atoms with Gasteiger partial charge in [-0.05, 0) is 53.4 Å². The summed E-state index contributed by atoms with van der Waals surface area (Å²) in [6.45, 7) is 8.58. The Hall–Kier alpha value is -1.14. The van der Waals surface area contributed by atoms with Crippen LogP contribution >= 0.6 is 0 Å². The monoisotopic (exact) mass is 284 g/mol. The van der Waals surface area contributed by atoms with Crippen LogP contribution in [0.4, 0.5) is 0 Å². The molecular formula is C14H28N4O2. The Morgan fingerprint density at radius 2 is 1.65 bits per heavy atom. The second-order valence-corrected chi connectivity index (χ2v) is 6.90. The van der Waals surface area contributed by atoms with Crippen molar-refractivity contribution in [2.75, 3.05) is 0 Å². The Morgan fingerprint density at radius 1 is 1.15 bits per heavy atom. The molecule has 6 heteroatoms. The molecule has 0 aromatic rings. The lowest BCUT2D eigenvalue weighted by molar-refractivity contribution is -0.128. The quantitative estimate of drug-likeness (QED) is 0.666. The van der Waals surface area contributed by atoms with E-state index in [1.54, 1.807) is 0 Å². The summed E-state index contributed by atoms with van der Waals surface area (Å²) in [6.07, 6.45) is 3.72. The number of hydrogen-bond donors (Lipinski definition) is 3. The third-order valence-corrected chi connectivity index (χ3v) is 4.10. The average molecular weight is 284 g/mol. The van der Waals surface area contributed by atoms with Crippen LogP contribution in [-0.2, 0) is 9.59 Å². The largest absolute Gasteiger partial charge is 0.370 e. The van der Waals surface area contributed by atoms with Gasteiger partial charge in [-0.3, -0.25) is 9.59 Å². The molecule has 1 saturated heterocycles. The molecule has 0 aromatic carbocycles. The fraction of sp³-hybridized carbons (Fsp3) is 0.857. The second-order valence-electron chi connectivity index (χ2n) is 6.90. The molecule has 0 aliphatic carbocycles. The van der Waals surface area contributed by atoms with Crippen LogP contribution in [0.2, 0.25) is 0 Å². The molecule has 2 amide bonds. The van der Waals surface area contributed by atoms with E-state index in [1.165, 1.54) is 0 Å². The van der Waals surface area contributed by atoms with Gasteiger partial charge in [0, 0.05) is 17.5 Å². The van der Waals surface area contributed by atoms with Crippen molar-refractivity contribution in [3.8, 4) is 0 Å². The smallest absolute Gasteiger partial charge is 0.235 e. The van der Waals surface area contributed by atoms with Crippen molar-refractivity contribution in [3.05, 3.63) is 0 Å². The van der Waals surface area contributed by atoms with Crippen LogP contribution in [0, 0.1) is 0 Å². The Kier molecular flexibility index (Phi) is 5.15.